The summed E-state index contributed by atoms with van der Waals surface area (Å²) in [5.74, 6) is 0.210. The zero-order valence-electron chi connectivity index (χ0n) is 16.9. The van der Waals surface area contributed by atoms with E-state index in [2.05, 4.69) is 35.1 Å². The molecule has 0 spiro atoms. The minimum atomic E-state index is -0.331. The maximum absolute atomic E-state index is 12.3. The summed E-state index contributed by atoms with van der Waals surface area (Å²) in [6, 6.07) is 9.10. The van der Waals surface area contributed by atoms with E-state index in [-0.39, 0.29) is 29.4 Å². The number of amides is 4. The lowest BCUT2D eigenvalue weighted by Gasteiger charge is -2.52. The molecule has 4 amide bonds. The number of hydrogen-bond donors (Lipinski definition) is 4. The first-order valence-electron chi connectivity index (χ1n) is 9.58. The minimum absolute atomic E-state index is 0.0276. The number of anilines is 2. The lowest BCUT2D eigenvalue weighted by molar-refractivity contribution is 0.0244. The lowest BCUT2D eigenvalue weighted by Crippen LogP contribution is -2.61. The van der Waals surface area contributed by atoms with E-state index < -0.39 is 0 Å². The van der Waals surface area contributed by atoms with Crippen LogP contribution < -0.4 is 21.3 Å². The number of urea groups is 2. The van der Waals surface area contributed by atoms with Gasteiger partial charge in [0, 0.05) is 24.0 Å². The van der Waals surface area contributed by atoms with Crippen LogP contribution in [0, 0.1) is 11.3 Å². The van der Waals surface area contributed by atoms with Crippen LogP contribution in [0.4, 0.5) is 21.0 Å². The van der Waals surface area contributed by atoms with E-state index in [1.54, 1.807) is 36.4 Å². The normalized spacial score (nSPS) is 19.2. The monoisotopic (exact) mass is 502 g/mol. The SMILES string of the molecule is CC1(C)[C@@H](CNC(=O)Nc2ccc(Cl)c(Cl)c2)C[C@H]1NC(=O)Nc1ccc(Cl)c(Cl)c1. The second-order valence-corrected chi connectivity index (χ2v) is 9.63. The fourth-order valence-corrected chi connectivity index (χ4v) is 4.07. The molecule has 3 rings (SSSR count). The summed E-state index contributed by atoms with van der Waals surface area (Å²) in [5.41, 5.74) is 0.922. The average molecular weight is 504 g/mol. The van der Waals surface area contributed by atoms with Crippen molar-refractivity contribution in [2.45, 2.75) is 26.3 Å². The van der Waals surface area contributed by atoms with E-state index in [0.29, 0.717) is 38.0 Å². The van der Waals surface area contributed by atoms with Gasteiger partial charge in [-0.3, -0.25) is 0 Å². The van der Waals surface area contributed by atoms with E-state index in [4.69, 9.17) is 46.4 Å². The summed E-state index contributed by atoms with van der Waals surface area (Å²) in [6.45, 7) is 4.60. The number of nitrogens with one attached hydrogen (secondary N) is 4. The van der Waals surface area contributed by atoms with Gasteiger partial charge in [0.25, 0.3) is 0 Å². The summed E-state index contributed by atoms with van der Waals surface area (Å²) < 4.78 is 0. The van der Waals surface area contributed by atoms with E-state index in [9.17, 15) is 9.59 Å². The van der Waals surface area contributed by atoms with Gasteiger partial charge in [-0.15, -0.1) is 0 Å². The van der Waals surface area contributed by atoms with Crippen LogP contribution in [0.25, 0.3) is 0 Å². The van der Waals surface area contributed by atoms with Crippen molar-refractivity contribution in [3.63, 3.8) is 0 Å². The van der Waals surface area contributed by atoms with Crippen molar-refractivity contribution >= 4 is 69.8 Å². The second-order valence-electron chi connectivity index (χ2n) is 8.00. The smallest absolute Gasteiger partial charge is 0.319 e. The van der Waals surface area contributed by atoms with E-state index in [1.165, 1.54) is 0 Å². The van der Waals surface area contributed by atoms with Crippen LogP contribution in [0.5, 0.6) is 0 Å². The number of rotatable bonds is 5. The van der Waals surface area contributed by atoms with Crippen LogP contribution in [-0.2, 0) is 0 Å². The molecule has 0 radical (unpaired) electrons. The van der Waals surface area contributed by atoms with Crippen LogP contribution >= 0.6 is 46.4 Å². The molecular formula is C21H22Cl4N4O2. The van der Waals surface area contributed by atoms with Crippen molar-refractivity contribution in [2.24, 2.45) is 11.3 Å². The Balaban J connectivity index is 1.45. The second kappa shape index (κ2) is 9.74. The third kappa shape index (κ3) is 5.89. The molecule has 1 saturated carbocycles. The van der Waals surface area contributed by atoms with Gasteiger partial charge in [0.1, 0.15) is 0 Å². The van der Waals surface area contributed by atoms with Gasteiger partial charge in [-0.05, 0) is 54.2 Å². The molecule has 1 fully saturated rings. The fraction of sp³-hybridized carbons (Fsp3) is 0.333. The highest BCUT2D eigenvalue weighted by Gasteiger charge is 2.48. The van der Waals surface area contributed by atoms with E-state index in [0.717, 1.165) is 6.42 Å². The first kappa shape index (κ1) is 23.8. The molecule has 0 aliphatic heterocycles. The van der Waals surface area contributed by atoms with Crippen molar-refractivity contribution in [1.29, 1.82) is 0 Å². The van der Waals surface area contributed by atoms with Crippen molar-refractivity contribution in [1.82, 2.24) is 10.6 Å². The molecule has 0 aromatic heterocycles. The molecule has 0 saturated heterocycles. The predicted octanol–water partition coefficient (Wildman–Crippen LogP) is 6.66. The Hall–Kier alpha value is -1.86. The largest absolute Gasteiger partial charge is 0.338 e. The third-order valence-electron chi connectivity index (χ3n) is 5.64. The average Bonchev–Trinajstić information content (AvgIpc) is 2.69. The molecular weight excluding hydrogens is 482 g/mol. The summed E-state index contributed by atoms with van der Waals surface area (Å²) in [6.07, 6.45) is 0.745. The van der Waals surface area contributed by atoms with Gasteiger partial charge < -0.3 is 21.3 Å². The molecule has 2 atom stereocenters. The first-order chi connectivity index (χ1) is 14.6. The Bertz CT molecular complexity index is 999. The Morgan fingerprint density at radius 3 is 1.87 bits per heavy atom. The molecule has 2 aromatic carbocycles. The molecule has 1 aliphatic rings. The van der Waals surface area contributed by atoms with E-state index in [1.807, 2.05) is 0 Å². The molecule has 0 unspecified atom stereocenters. The maximum atomic E-state index is 12.3. The summed E-state index contributed by atoms with van der Waals surface area (Å²) in [4.78, 5) is 24.5. The Morgan fingerprint density at radius 1 is 0.871 bits per heavy atom. The number of benzene rings is 2. The van der Waals surface area contributed by atoms with Gasteiger partial charge in [-0.2, -0.15) is 0 Å². The fourth-order valence-electron chi connectivity index (χ4n) is 3.47. The number of carbonyl (C=O) groups excluding carboxylic acids is 2. The van der Waals surface area contributed by atoms with Gasteiger partial charge in [0.05, 0.1) is 20.1 Å². The zero-order valence-corrected chi connectivity index (χ0v) is 19.9. The van der Waals surface area contributed by atoms with Crippen LogP contribution in [-0.4, -0.2) is 24.6 Å². The quantitative estimate of drug-likeness (QED) is 0.368. The standard InChI is InChI=1S/C21H22Cl4N4O2/c1-21(2)11(10-26-19(30)27-12-3-5-14(22)16(24)8-12)7-18(21)29-20(31)28-13-4-6-15(23)17(25)9-13/h3-6,8-9,11,18H,7,10H2,1-2H3,(H2,26,27,30)(H2,28,29,31)/t11-,18-/m1/s1. The van der Waals surface area contributed by atoms with Gasteiger partial charge in [0.2, 0.25) is 0 Å². The molecule has 6 nitrogen and oxygen atoms in total. The molecule has 0 heterocycles. The zero-order chi connectivity index (χ0) is 22.8. The minimum Gasteiger partial charge on any atom is -0.338 e. The Labute approximate surface area is 201 Å². The first-order valence-corrected chi connectivity index (χ1v) is 11.1. The summed E-state index contributed by atoms with van der Waals surface area (Å²) >= 11 is 23.7. The number of hydrogen-bond acceptors (Lipinski definition) is 2. The van der Waals surface area contributed by atoms with Crippen LogP contribution in [0.3, 0.4) is 0 Å². The number of carbonyl (C=O) groups is 2. The number of halogens is 4. The topological polar surface area (TPSA) is 82.3 Å². The highest BCUT2D eigenvalue weighted by Crippen LogP contribution is 2.45. The highest BCUT2D eigenvalue weighted by atomic mass is 35.5. The lowest BCUT2D eigenvalue weighted by atomic mass is 9.58. The van der Waals surface area contributed by atoms with Crippen LogP contribution in [0.2, 0.25) is 20.1 Å². The van der Waals surface area contributed by atoms with Crippen molar-refractivity contribution in [2.75, 3.05) is 17.2 Å². The Kier molecular flexibility index (Phi) is 7.47. The van der Waals surface area contributed by atoms with Crippen LogP contribution in [0.15, 0.2) is 36.4 Å². The van der Waals surface area contributed by atoms with Crippen LogP contribution in [0.1, 0.15) is 20.3 Å². The molecule has 10 heteroatoms. The molecule has 0 bridgehead atoms. The Morgan fingerprint density at radius 2 is 1.39 bits per heavy atom. The molecule has 166 valence electrons. The molecule has 2 aromatic rings. The molecule has 4 N–H and O–H groups in total. The maximum Gasteiger partial charge on any atom is 0.319 e. The summed E-state index contributed by atoms with van der Waals surface area (Å²) in [7, 11) is 0. The van der Waals surface area contributed by atoms with Gasteiger partial charge in [-0.25, -0.2) is 9.59 Å². The predicted molar refractivity (Wildman–Crippen MR) is 128 cm³/mol. The molecule has 1 aliphatic carbocycles. The van der Waals surface area contributed by atoms with Crippen molar-refractivity contribution in [3.05, 3.63) is 56.5 Å². The van der Waals surface area contributed by atoms with E-state index >= 15 is 0 Å². The van der Waals surface area contributed by atoms with Gasteiger partial charge in [-0.1, -0.05) is 60.3 Å². The van der Waals surface area contributed by atoms with Crippen molar-refractivity contribution < 1.29 is 9.59 Å². The molecule has 31 heavy (non-hydrogen) atoms. The van der Waals surface area contributed by atoms with Gasteiger partial charge in [0.15, 0.2) is 0 Å². The van der Waals surface area contributed by atoms with Gasteiger partial charge >= 0.3 is 12.1 Å². The third-order valence-corrected chi connectivity index (χ3v) is 7.12. The summed E-state index contributed by atoms with van der Waals surface area (Å²) in [5, 5.41) is 12.9. The highest BCUT2D eigenvalue weighted by molar-refractivity contribution is 6.42. The van der Waals surface area contributed by atoms with Crippen molar-refractivity contribution in [3.8, 4) is 0 Å².